The molecule has 1 N–H and O–H groups in total. The highest BCUT2D eigenvalue weighted by atomic mass is 16.5. The molecule has 5 heteroatoms. The van der Waals surface area contributed by atoms with Gasteiger partial charge >= 0.3 is 5.97 Å². The highest BCUT2D eigenvalue weighted by molar-refractivity contribution is 5.90. The summed E-state index contributed by atoms with van der Waals surface area (Å²) in [4.78, 5) is 15.1. The molecule has 0 aliphatic rings. The van der Waals surface area contributed by atoms with E-state index >= 15 is 0 Å². The van der Waals surface area contributed by atoms with Crippen molar-refractivity contribution < 1.29 is 19.4 Å². The minimum Gasteiger partial charge on any atom is -0.488 e. The first-order valence-corrected chi connectivity index (χ1v) is 5.65. The number of methoxy groups -OCH3 is 1. The molecule has 0 saturated heterocycles. The number of para-hydroxylation sites is 1. The van der Waals surface area contributed by atoms with Crippen molar-refractivity contribution in [2.45, 2.75) is 6.61 Å². The first kappa shape index (κ1) is 12.9. The Morgan fingerprint density at radius 3 is 2.79 bits per heavy atom. The fourth-order valence-corrected chi connectivity index (χ4v) is 1.64. The fraction of sp³-hybridized carbons (Fsp3) is 0.143. The number of carboxylic acids is 1. The predicted octanol–water partition coefficient (Wildman–Crippen LogP) is 2.37. The molecule has 2 rings (SSSR count). The van der Waals surface area contributed by atoms with Gasteiger partial charge in [0.15, 0.2) is 0 Å². The van der Waals surface area contributed by atoms with Crippen LogP contribution in [0.4, 0.5) is 0 Å². The third kappa shape index (κ3) is 3.01. The zero-order chi connectivity index (χ0) is 13.7. The van der Waals surface area contributed by atoms with Gasteiger partial charge in [-0.1, -0.05) is 12.1 Å². The van der Waals surface area contributed by atoms with Crippen LogP contribution in [0, 0.1) is 0 Å². The lowest BCUT2D eigenvalue weighted by atomic mass is 10.2. The zero-order valence-corrected chi connectivity index (χ0v) is 10.4. The van der Waals surface area contributed by atoms with Gasteiger partial charge in [0.1, 0.15) is 17.9 Å². The zero-order valence-electron chi connectivity index (χ0n) is 10.4. The second-order valence-corrected chi connectivity index (χ2v) is 3.76. The van der Waals surface area contributed by atoms with Gasteiger partial charge in [-0.25, -0.2) is 9.78 Å². The van der Waals surface area contributed by atoms with Crippen LogP contribution in [-0.2, 0) is 6.61 Å². The maximum Gasteiger partial charge on any atom is 0.339 e. The number of nitrogens with zero attached hydrogens (tertiary/aromatic N) is 1. The Morgan fingerprint density at radius 2 is 2.05 bits per heavy atom. The summed E-state index contributed by atoms with van der Waals surface area (Å²) in [5, 5.41) is 9.05. The van der Waals surface area contributed by atoms with Crippen molar-refractivity contribution in [2.75, 3.05) is 7.11 Å². The van der Waals surface area contributed by atoms with Crippen molar-refractivity contribution >= 4 is 5.97 Å². The van der Waals surface area contributed by atoms with Gasteiger partial charge in [-0.3, -0.25) is 0 Å². The summed E-state index contributed by atoms with van der Waals surface area (Å²) in [6, 6.07) is 10.1. The van der Waals surface area contributed by atoms with Crippen molar-refractivity contribution in [1.82, 2.24) is 4.98 Å². The number of hydrogen-bond donors (Lipinski definition) is 1. The summed E-state index contributed by atoms with van der Waals surface area (Å²) in [5.74, 6) is -0.232. The van der Waals surface area contributed by atoms with Gasteiger partial charge in [-0.2, -0.15) is 0 Å². The van der Waals surface area contributed by atoms with Crippen molar-refractivity contribution in [3.8, 4) is 11.6 Å². The third-order valence-electron chi connectivity index (χ3n) is 2.54. The van der Waals surface area contributed by atoms with Gasteiger partial charge in [0.05, 0.1) is 12.7 Å². The SMILES string of the molecule is COc1ncccc1COc1ccccc1C(=O)O. The maximum atomic E-state index is 11.0. The van der Waals surface area contributed by atoms with Crippen LogP contribution in [0.25, 0.3) is 0 Å². The second kappa shape index (κ2) is 5.86. The first-order chi connectivity index (χ1) is 9.22. The molecule has 0 aliphatic heterocycles. The highest BCUT2D eigenvalue weighted by Crippen LogP contribution is 2.21. The van der Waals surface area contributed by atoms with Gasteiger partial charge in [0, 0.05) is 6.20 Å². The Labute approximate surface area is 110 Å². The number of carboxylic acid groups (broad SMARTS) is 1. The van der Waals surface area contributed by atoms with Crippen LogP contribution in [0.15, 0.2) is 42.6 Å². The van der Waals surface area contributed by atoms with E-state index in [9.17, 15) is 4.79 Å². The lowest BCUT2D eigenvalue weighted by Crippen LogP contribution is -2.04. The average molecular weight is 259 g/mol. The monoisotopic (exact) mass is 259 g/mol. The molecular formula is C14H13NO4. The number of benzene rings is 1. The van der Waals surface area contributed by atoms with Crippen LogP contribution >= 0.6 is 0 Å². The maximum absolute atomic E-state index is 11.0. The molecule has 1 aromatic carbocycles. The van der Waals surface area contributed by atoms with E-state index in [1.54, 1.807) is 30.5 Å². The highest BCUT2D eigenvalue weighted by Gasteiger charge is 2.11. The van der Waals surface area contributed by atoms with E-state index in [-0.39, 0.29) is 12.2 Å². The van der Waals surface area contributed by atoms with Crippen molar-refractivity contribution in [3.05, 3.63) is 53.7 Å². The number of rotatable bonds is 5. The number of hydrogen-bond acceptors (Lipinski definition) is 4. The summed E-state index contributed by atoms with van der Waals surface area (Å²) < 4.78 is 10.6. The Morgan fingerprint density at radius 1 is 1.26 bits per heavy atom. The molecule has 0 saturated carbocycles. The topological polar surface area (TPSA) is 68.7 Å². The molecular weight excluding hydrogens is 246 g/mol. The Balaban J connectivity index is 2.17. The van der Waals surface area contributed by atoms with Gasteiger partial charge in [0.2, 0.25) is 5.88 Å². The lowest BCUT2D eigenvalue weighted by Gasteiger charge is -2.10. The molecule has 98 valence electrons. The average Bonchev–Trinajstić information content (AvgIpc) is 2.45. The summed E-state index contributed by atoms with van der Waals surface area (Å²) in [6.45, 7) is 0.196. The van der Waals surface area contributed by atoms with E-state index in [0.717, 1.165) is 5.56 Å². The fourth-order valence-electron chi connectivity index (χ4n) is 1.64. The Kier molecular flexibility index (Phi) is 3.97. The molecule has 0 atom stereocenters. The molecule has 0 aliphatic carbocycles. The molecule has 0 radical (unpaired) electrons. The molecule has 0 fully saturated rings. The summed E-state index contributed by atoms with van der Waals surface area (Å²) in [6.07, 6.45) is 1.62. The quantitative estimate of drug-likeness (QED) is 0.892. The second-order valence-electron chi connectivity index (χ2n) is 3.76. The van der Waals surface area contributed by atoms with Crippen LogP contribution in [0.2, 0.25) is 0 Å². The molecule has 0 amide bonds. The van der Waals surface area contributed by atoms with E-state index in [1.807, 2.05) is 6.07 Å². The van der Waals surface area contributed by atoms with E-state index in [0.29, 0.717) is 11.6 Å². The predicted molar refractivity (Wildman–Crippen MR) is 68.5 cm³/mol. The largest absolute Gasteiger partial charge is 0.488 e. The molecule has 0 bridgehead atoms. The number of aromatic nitrogens is 1. The standard InChI is InChI=1S/C14H13NO4/c1-18-13-10(5-4-8-15-13)9-19-12-7-3-2-6-11(12)14(16)17/h2-8H,9H2,1H3,(H,16,17). The van der Waals surface area contributed by atoms with Crippen LogP contribution in [0.1, 0.15) is 15.9 Å². The number of aromatic carboxylic acids is 1. The Bertz CT molecular complexity index is 583. The van der Waals surface area contributed by atoms with E-state index in [2.05, 4.69) is 4.98 Å². The van der Waals surface area contributed by atoms with Crippen molar-refractivity contribution in [1.29, 1.82) is 0 Å². The lowest BCUT2D eigenvalue weighted by molar-refractivity contribution is 0.0691. The van der Waals surface area contributed by atoms with Crippen LogP contribution in [0.5, 0.6) is 11.6 Å². The number of carbonyl (C=O) groups is 1. The normalized spacial score (nSPS) is 9.95. The van der Waals surface area contributed by atoms with E-state index in [1.165, 1.54) is 13.2 Å². The van der Waals surface area contributed by atoms with Crippen LogP contribution in [-0.4, -0.2) is 23.2 Å². The van der Waals surface area contributed by atoms with Gasteiger partial charge in [-0.05, 0) is 24.3 Å². The van der Waals surface area contributed by atoms with Crippen LogP contribution in [0.3, 0.4) is 0 Å². The molecule has 1 aromatic heterocycles. The van der Waals surface area contributed by atoms with E-state index < -0.39 is 5.97 Å². The minimum absolute atomic E-state index is 0.130. The minimum atomic E-state index is -1.02. The third-order valence-corrected chi connectivity index (χ3v) is 2.54. The van der Waals surface area contributed by atoms with Gasteiger partial charge in [-0.15, -0.1) is 0 Å². The Hall–Kier alpha value is -2.56. The van der Waals surface area contributed by atoms with E-state index in [4.69, 9.17) is 14.6 Å². The molecule has 0 unspecified atom stereocenters. The van der Waals surface area contributed by atoms with Crippen molar-refractivity contribution in [3.63, 3.8) is 0 Å². The van der Waals surface area contributed by atoms with Gasteiger partial charge < -0.3 is 14.6 Å². The molecule has 1 heterocycles. The summed E-state index contributed by atoms with van der Waals surface area (Å²) in [5.41, 5.74) is 0.885. The molecule has 5 nitrogen and oxygen atoms in total. The summed E-state index contributed by atoms with van der Waals surface area (Å²) in [7, 11) is 1.52. The number of pyridine rings is 1. The first-order valence-electron chi connectivity index (χ1n) is 5.65. The molecule has 0 spiro atoms. The number of ether oxygens (including phenoxy) is 2. The van der Waals surface area contributed by atoms with Crippen molar-refractivity contribution in [2.24, 2.45) is 0 Å². The van der Waals surface area contributed by atoms with Crippen LogP contribution < -0.4 is 9.47 Å². The molecule has 2 aromatic rings. The smallest absolute Gasteiger partial charge is 0.339 e. The van der Waals surface area contributed by atoms with Gasteiger partial charge in [0.25, 0.3) is 0 Å². The molecule has 19 heavy (non-hydrogen) atoms. The summed E-state index contributed by atoms with van der Waals surface area (Å²) >= 11 is 0.